The van der Waals surface area contributed by atoms with Gasteiger partial charge >= 0.3 is 6.18 Å². The maximum Gasteiger partial charge on any atom is 0.416 e. The zero-order chi connectivity index (χ0) is 13.3. The summed E-state index contributed by atoms with van der Waals surface area (Å²) >= 11 is 0. The second-order valence-corrected chi connectivity index (χ2v) is 4.27. The van der Waals surface area contributed by atoms with E-state index < -0.39 is 29.8 Å². The largest absolute Gasteiger partial charge is 0.416 e. The van der Waals surface area contributed by atoms with Gasteiger partial charge in [0, 0.05) is 18.6 Å². The van der Waals surface area contributed by atoms with Crippen LogP contribution in [0.2, 0.25) is 0 Å². The van der Waals surface area contributed by atoms with Gasteiger partial charge in [-0.1, -0.05) is 0 Å². The topological polar surface area (TPSA) is 29.5 Å². The molecule has 0 aromatic heterocycles. The second-order valence-electron chi connectivity index (χ2n) is 4.27. The summed E-state index contributed by atoms with van der Waals surface area (Å²) in [6.45, 7) is 0.210. The molecular formula is C12H12F4O2. The molecule has 1 saturated heterocycles. The molecule has 2 atom stereocenters. The molecule has 1 N–H and O–H groups in total. The van der Waals surface area contributed by atoms with Gasteiger partial charge in [0.15, 0.2) is 0 Å². The second kappa shape index (κ2) is 4.85. The molecule has 2 unspecified atom stereocenters. The first-order valence-corrected chi connectivity index (χ1v) is 5.54. The lowest BCUT2D eigenvalue weighted by molar-refractivity contribution is -0.137. The molecule has 1 aliphatic heterocycles. The molecule has 100 valence electrons. The summed E-state index contributed by atoms with van der Waals surface area (Å²) in [5.41, 5.74) is -1.06. The van der Waals surface area contributed by atoms with Crippen LogP contribution in [-0.4, -0.2) is 17.8 Å². The predicted molar refractivity (Wildman–Crippen MR) is 55.3 cm³/mol. The van der Waals surface area contributed by atoms with Crippen LogP contribution in [-0.2, 0) is 10.9 Å². The monoisotopic (exact) mass is 264 g/mol. The van der Waals surface area contributed by atoms with E-state index in [9.17, 15) is 22.7 Å². The van der Waals surface area contributed by atoms with E-state index in [-0.39, 0.29) is 18.6 Å². The maximum absolute atomic E-state index is 13.5. The third-order valence-corrected chi connectivity index (χ3v) is 2.93. The van der Waals surface area contributed by atoms with Gasteiger partial charge in [-0.2, -0.15) is 13.2 Å². The van der Waals surface area contributed by atoms with Crippen molar-refractivity contribution >= 4 is 0 Å². The minimum atomic E-state index is -4.52. The lowest BCUT2D eigenvalue weighted by atomic mass is 9.97. The molecule has 1 aliphatic rings. The molecule has 0 bridgehead atoms. The quantitative estimate of drug-likeness (QED) is 0.790. The highest BCUT2D eigenvalue weighted by Gasteiger charge is 2.33. The number of ether oxygens (including phenoxy) is 1. The minimum absolute atomic E-state index is 0.109. The Morgan fingerprint density at radius 1 is 1.28 bits per heavy atom. The van der Waals surface area contributed by atoms with Crippen molar-refractivity contribution in [1.82, 2.24) is 0 Å². The number of aliphatic hydroxyl groups is 1. The third kappa shape index (κ3) is 2.81. The van der Waals surface area contributed by atoms with E-state index in [1.807, 2.05) is 0 Å². The average molecular weight is 264 g/mol. The van der Waals surface area contributed by atoms with E-state index in [0.717, 1.165) is 12.1 Å². The zero-order valence-electron chi connectivity index (χ0n) is 9.38. The van der Waals surface area contributed by atoms with E-state index in [4.69, 9.17) is 4.74 Å². The van der Waals surface area contributed by atoms with Crippen LogP contribution in [0.5, 0.6) is 0 Å². The molecule has 1 heterocycles. The predicted octanol–water partition coefficient (Wildman–Crippen LogP) is 3.06. The van der Waals surface area contributed by atoms with Crippen LogP contribution >= 0.6 is 0 Å². The fourth-order valence-electron chi connectivity index (χ4n) is 1.96. The normalized spacial score (nSPS) is 25.2. The molecular weight excluding hydrogens is 252 g/mol. The molecule has 18 heavy (non-hydrogen) atoms. The first-order valence-electron chi connectivity index (χ1n) is 5.54. The molecule has 1 aromatic carbocycles. The number of halogens is 4. The molecule has 1 aromatic rings. The lowest BCUT2D eigenvalue weighted by Gasteiger charge is -2.27. The molecule has 2 rings (SSSR count). The number of hydrogen-bond acceptors (Lipinski definition) is 2. The van der Waals surface area contributed by atoms with Crippen molar-refractivity contribution in [3.63, 3.8) is 0 Å². The van der Waals surface area contributed by atoms with Crippen molar-refractivity contribution in [3.05, 3.63) is 35.1 Å². The van der Waals surface area contributed by atoms with Crippen molar-refractivity contribution < 1.29 is 27.4 Å². The number of rotatable bonds is 1. The summed E-state index contributed by atoms with van der Waals surface area (Å²) in [7, 11) is 0. The van der Waals surface area contributed by atoms with Gasteiger partial charge in [-0.25, -0.2) is 4.39 Å². The summed E-state index contributed by atoms with van der Waals surface area (Å²) in [5, 5.41) is 9.44. The van der Waals surface area contributed by atoms with E-state index in [1.165, 1.54) is 0 Å². The van der Waals surface area contributed by atoms with E-state index in [2.05, 4.69) is 0 Å². The molecule has 0 saturated carbocycles. The summed E-state index contributed by atoms with van der Waals surface area (Å²) in [6, 6.07) is 2.22. The fourth-order valence-corrected chi connectivity index (χ4v) is 1.96. The molecule has 1 fully saturated rings. The van der Waals surface area contributed by atoms with Crippen LogP contribution in [0.3, 0.4) is 0 Å². The Balaban J connectivity index is 2.31. The Labute approximate surface area is 101 Å². The molecule has 0 amide bonds. The van der Waals surface area contributed by atoms with Crippen LogP contribution in [0.15, 0.2) is 18.2 Å². The molecule has 0 aliphatic carbocycles. The first kappa shape index (κ1) is 13.3. The highest BCUT2D eigenvalue weighted by atomic mass is 19.4. The average Bonchev–Trinajstić information content (AvgIpc) is 2.28. The van der Waals surface area contributed by atoms with E-state index in [0.29, 0.717) is 12.5 Å². The van der Waals surface area contributed by atoms with Crippen molar-refractivity contribution in [2.45, 2.75) is 31.2 Å². The van der Waals surface area contributed by atoms with Gasteiger partial charge in [0.05, 0.1) is 17.8 Å². The van der Waals surface area contributed by atoms with Crippen LogP contribution in [0, 0.1) is 5.82 Å². The number of aliphatic hydroxyl groups excluding tert-OH is 1. The highest BCUT2D eigenvalue weighted by molar-refractivity contribution is 5.29. The van der Waals surface area contributed by atoms with E-state index in [1.54, 1.807) is 0 Å². The molecule has 2 nitrogen and oxygen atoms in total. The summed E-state index contributed by atoms with van der Waals surface area (Å²) in [6.07, 6.45) is -5.49. The summed E-state index contributed by atoms with van der Waals surface area (Å²) in [5.74, 6) is -0.748. The molecule has 0 radical (unpaired) electrons. The molecule has 0 spiro atoms. The first-order chi connectivity index (χ1) is 8.38. The van der Waals surface area contributed by atoms with E-state index >= 15 is 0 Å². The standard InChI is InChI=1S/C12H12F4O2/c13-10-2-1-7(12(14,15)16)5-9(10)11-6-8(17)3-4-18-11/h1-2,5,8,11,17H,3-4,6H2. The van der Waals surface area contributed by atoms with Gasteiger partial charge in [-0.15, -0.1) is 0 Å². The Hall–Kier alpha value is -1.14. The van der Waals surface area contributed by atoms with Gasteiger partial charge in [-0.05, 0) is 24.6 Å². The van der Waals surface area contributed by atoms with Gasteiger partial charge in [0.25, 0.3) is 0 Å². The SMILES string of the molecule is OC1CCOC(c2cc(C(F)(F)F)ccc2F)C1. The maximum atomic E-state index is 13.5. The van der Waals surface area contributed by atoms with Crippen molar-refractivity contribution in [3.8, 4) is 0 Å². The van der Waals surface area contributed by atoms with Crippen LogP contribution in [0.4, 0.5) is 17.6 Å². The van der Waals surface area contributed by atoms with Crippen molar-refractivity contribution in [2.24, 2.45) is 0 Å². The Morgan fingerprint density at radius 3 is 2.61 bits per heavy atom. The van der Waals surface area contributed by atoms with Crippen LogP contribution in [0.1, 0.15) is 30.1 Å². The Kier molecular flexibility index (Phi) is 3.59. The number of hydrogen-bond donors (Lipinski definition) is 1. The van der Waals surface area contributed by atoms with Crippen molar-refractivity contribution in [1.29, 1.82) is 0 Å². The number of benzene rings is 1. The summed E-state index contributed by atoms with van der Waals surface area (Å²) < 4.78 is 56.3. The van der Waals surface area contributed by atoms with Crippen LogP contribution in [0.25, 0.3) is 0 Å². The van der Waals surface area contributed by atoms with Gasteiger partial charge in [-0.3, -0.25) is 0 Å². The minimum Gasteiger partial charge on any atom is -0.393 e. The van der Waals surface area contributed by atoms with Gasteiger partial charge in [0.2, 0.25) is 0 Å². The Morgan fingerprint density at radius 2 is 2.00 bits per heavy atom. The van der Waals surface area contributed by atoms with Crippen molar-refractivity contribution in [2.75, 3.05) is 6.61 Å². The zero-order valence-corrected chi connectivity index (χ0v) is 9.38. The number of alkyl halides is 3. The summed E-state index contributed by atoms with van der Waals surface area (Å²) in [4.78, 5) is 0. The Bertz CT molecular complexity index is 431. The third-order valence-electron chi connectivity index (χ3n) is 2.93. The lowest BCUT2D eigenvalue weighted by Crippen LogP contribution is -2.24. The smallest absolute Gasteiger partial charge is 0.393 e. The van der Waals surface area contributed by atoms with Gasteiger partial charge in [0.1, 0.15) is 5.82 Å². The van der Waals surface area contributed by atoms with Crippen LogP contribution < -0.4 is 0 Å². The molecule has 6 heteroatoms. The van der Waals surface area contributed by atoms with Gasteiger partial charge < -0.3 is 9.84 Å². The fraction of sp³-hybridized carbons (Fsp3) is 0.500. The highest BCUT2D eigenvalue weighted by Crippen LogP contribution is 2.35.